The van der Waals surface area contributed by atoms with Crippen molar-refractivity contribution in [3.8, 4) is 0 Å². The standard InChI is InChI=1S/C12H21N/c1(3-5-11-6-7-11)2-4-10-13-12-8-9-12/h2,4,11-13H,1,3,5-10H2/b4-2+. The Hall–Kier alpha value is -0.300. The number of hydrogen-bond donors (Lipinski definition) is 1. The van der Waals surface area contributed by atoms with E-state index in [9.17, 15) is 0 Å². The van der Waals surface area contributed by atoms with E-state index in [0.29, 0.717) is 0 Å². The van der Waals surface area contributed by atoms with Crippen LogP contribution in [0.15, 0.2) is 12.2 Å². The number of nitrogens with one attached hydrogen (secondary N) is 1. The molecule has 0 spiro atoms. The van der Waals surface area contributed by atoms with Crippen molar-refractivity contribution in [2.45, 2.75) is 51.0 Å². The van der Waals surface area contributed by atoms with Crippen molar-refractivity contribution >= 4 is 0 Å². The van der Waals surface area contributed by atoms with Gasteiger partial charge in [0.2, 0.25) is 0 Å². The van der Waals surface area contributed by atoms with Crippen LogP contribution in [0, 0.1) is 5.92 Å². The molecule has 0 atom stereocenters. The molecule has 0 saturated heterocycles. The highest BCUT2D eigenvalue weighted by Crippen LogP contribution is 2.33. The predicted molar refractivity (Wildman–Crippen MR) is 56.7 cm³/mol. The Morgan fingerprint density at radius 1 is 1.08 bits per heavy atom. The molecule has 1 heteroatoms. The van der Waals surface area contributed by atoms with Gasteiger partial charge in [-0.15, -0.1) is 0 Å². The first-order chi connectivity index (χ1) is 6.45. The van der Waals surface area contributed by atoms with Crippen molar-refractivity contribution in [2.24, 2.45) is 5.92 Å². The smallest absolute Gasteiger partial charge is 0.0137 e. The van der Waals surface area contributed by atoms with Gasteiger partial charge in [0, 0.05) is 12.6 Å². The molecule has 1 nitrogen and oxygen atoms in total. The van der Waals surface area contributed by atoms with Crippen molar-refractivity contribution < 1.29 is 0 Å². The SMILES string of the molecule is C(=C\CNC1CC1)/CCCC1CC1. The van der Waals surface area contributed by atoms with Crippen molar-refractivity contribution in [3.05, 3.63) is 12.2 Å². The Bertz CT molecular complexity index is 166. The molecule has 0 aromatic heterocycles. The molecule has 0 amide bonds. The van der Waals surface area contributed by atoms with Crippen LogP contribution < -0.4 is 5.32 Å². The highest BCUT2D eigenvalue weighted by Gasteiger charge is 2.20. The van der Waals surface area contributed by atoms with Crippen LogP contribution in [0.3, 0.4) is 0 Å². The molecular formula is C12H21N. The second kappa shape index (κ2) is 4.80. The fraction of sp³-hybridized carbons (Fsp3) is 0.833. The average Bonchev–Trinajstić information content (AvgIpc) is 2.99. The summed E-state index contributed by atoms with van der Waals surface area (Å²) in [5, 5.41) is 3.48. The summed E-state index contributed by atoms with van der Waals surface area (Å²) in [4.78, 5) is 0. The number of rotatable bonds is 7. The fourth-order valence-electron chi connectivity index (χ4n) is 1.65. The maximum absolute atomic E-state index is 3.48. The lowest BCUT2D eigenvalue weighted by atomic mass is 10.2. The monoisotopic (exact) mass is 179 g/mol. The van der Waals surface area contributed by atoms with Gasteiger partial charge in [-0.3, -0.25) is 0 Å². The molecule has 2 fully saturated rings. The van der Waals surface area contributed by atoms with E-state index < -0.39 is 0 Å². The van der Waals surface area contributed by atoms with Crippen LogP contribution in [-0.2, 0) is 0 Å². The summed E-state index contributed by atoms with van der Waals surface area (Å²) >= 11 is 0. The maximum atomic E-state index is 3.48. The van der Waals surface area contributed by atoms with Crippen LogP contribution in [0.4, 0.5) is 0 Å². The summed E-state index contributed by atoms with van der Waals surface area (Å²) in [6.07, 6.45) is 14.6. The van der Waals surface area contributed by atoms with E-state index >= 15 is 0 Å². The summed E-state index contributed by atoms with van der Waals surface area (Å²) in [6, 6.07) is 0.858. The highest BCUT2D eigenvalue weighted by atomic mass is 14.9. The lowest BCUT2D eigenvalue weighted by Gasteiger charge is -1.96. The Kier molecular flexibility index (Phi) is 3.42. The van der Waals surface area contributed by atoms with Gasteiger partial charge in [-0.1, -0.05) is 31.4 Å². The van der Waals surface area contributed by atoms with Gasteiger partial charge in [0.25, 0.3) is 0 Å². The van der Waals surface area contributed by atoms with Crippen LogP contribution in [-0.4, -0.2) is 12.6 Å². The molecule has 74 valence electrons. The Morgan fingerprint density at radius 3 is 2.62 bits per heavy atom. The van der Waals surface area contributed by atoms with Crippen LogP contribution >= 0.6 is 0 Å². The summed E-state index contributed by atoms with van der Waals surface area (Å²) in [5.41, 5.74) is 0. The Balaban J connectivity index is 1.37. The van der Waals surface area contributed by atoms with Crippen LogP contribution in [0.2, 0.25) is 0 Å². The van der Waals surface area contributed by atoms with Crippen LogP contribution in [0.1, 0.15) is 44.9 Å². The van der Waals surface area contributed by atoms with E-state index in [1.54, 1.807) is 0 Å². The summed E-state index contributed by atoms with van der Waals surface area (Å²) < 4.78 is 0. The minimum Gasteiger partial charge on any atom is -0.311 e. The zero-order valence-electron chi connectivity index (χ0n) is 8.47. The normalized spacial score (nSPS) is 22.8. The molecule has 2 aliphatic carbocycles. The maximum Gasteiger partial charge on any atom is 0.0137 e. The van der Waals surface area contributed by atoms with Gasteiger partial charge in [-0.25, -0.2) is 0 Å². The predicted octanol–water partition coefficient (Wildman–Crippen LogP) is 2.87. The lowest BCUT2D eigenvalue weighted by Crippen LogP contribution is -2.15. The molecule has 0 aromatic carbocycles. The first kappa shape index (κ1) is 9.26. The number of hydrogen-bond acceptors (Lipinski definition) is 1. The molecular weight excluding hydrogens is 158 g/mol. The Labute approximate surface area is 81.6 Å². The van der Waals surface area contributed by atoms with Gasteiger partial charge in [0.1, 0.15) is 0 Å². The zero-order chi connectivity index (χ0) is 8.93. The third-order valence-electron chi connectivity index (χ3n) is 2.95. The molecule has 2 saturated carbocycles. The van der Waals surface area contributed by atoms with Crippen LogP contribution in [0.25, 0.3) is 0 Å². The molecule has 0 heterocycles. The number of allylic oxidation sites excluding steroid dienone is 1. The van der Waals surface area contributed by atoms with E-state index in [0.717, 1.165) is 18.5 Å². The van der Waals surface area contributed by atoms with E-state index in [2.05, 4.69) is 17.5 Å². The first-order valence-electron chi connectivity index (χ1n) is 5.83. The van der Waals surface area contributed by atoms with Gasteiger partial charge in [0.15, 0.2) is 0 Å². The first-order valence-corrected chi connectivity index (χ1v) is 5.83. The van der Waals surface area contributed by atoms with E-state index in [1.807, 2.05) is 0 Å². The van der Waals surface area contributed by atoms with Crippen molar-refractivity contribution in [2.75, 3.05) is 6.54 Å². The average molecular weight is 179 g/mol. The van der Waals surface area contributed by atoms with Crippen molar-refractivity contribution in [3.63, 3.8) is 0 Å². The molecule has 2 rings (SSSR count). The van der Waals surface area contributed by atoms with E-state index in [-0.39, 0.29) is 0 Å². The molecule has 0 aromatic rings. The third kappa shape index (κ3) is 4.47. The lowest BCUT2D eigenvalue weighted by molar-refractivity contribution is 0.673. The van der Waals surface area contributed by atoms with Gasteiger partial charge in [-0.05, 0) is 31.6 Å². The van der Waals surface area contributed by atoms with Gasteiger partial charge in [0.05, 0.1) is 0 Å². The van der Waals surface area contributed by atoms with E-state index in [4.69, 9.17) is 0 Å². The van der Waals surface area contributed by atoms with Crippen molar-refractivity contribution in [1.29, 1.82) is 0 Å². The molecule has 13 heavy (non-hydrogen) atoms. The minimum absolute atomic E-state index is 0.858. The topological polar surface area (TPSA) is 12.0 Å². The summed E-state index contributed by atoms with van der Waals surface area (Å²) in [6.45, 7) is 1.09. The second-order valence-electron chi connectivity index (χ2n) is 4.53. The Morgan fingerprint density at radius 2 is 1.92 bits per heavy atom. The molecule has 0 bridgehead atoms. The molecule has 0 radical (unpaired) electrons. The quantitative estimate of drug-likeness (QED) is 0.468. The molecule has 2 aliphatic rings. The van der Waals surface area contributed by atoms with E-state index in [1.165, 1.54) is 44.9 Å². The van der Waals surface area contributed by atoms with Crippen molar-refractivity contribution in [1.82, 2.24) is 5.32 Å². The van der Waals surface area contributed by atoms with Crippen LogP contribution in [0.5, 0.6) is 0 Å². The summed E-state index contributed by atoms with van der Waals surface area (Å²) in [5.74, 6) is 1.11. The fourth-order valence-corrected chi connectivity index (χ4v) is 1.65. The number of unbranched alkanes of at least 4 members (excludes halogenated alkanes) is 1. The highest BCUT2D eigenvalue weighted by molar-refractivity contribution is 4.89. The van der Waals surface area contributed by atoms with Gasteiger partial charge < -0.3 is 5.32 Å². The second-order valence-corrected chi connectivity index (χ2v) is 4.53. The van der Waals surface area contributed by atoms with Gasteiger partial charge in [-0.2, -0.15) is 0 Å². The molecule has 0 aliphatic heterocycles. The minimum atomic E-state index is 0.858. The largest absolute Gasteiger partial charge is 0.311 e. The zero-order valence-corrected chi connectivity index (χ0v) is 8.47. The van der Waals surface area contributed by atoms with Gasteiger partial charge >= 0.3 is 0 Å². The third-order valence-corrected chi connectivity index (χ3v) is 2.95. The molecule has 0 unspecified atom stereocenters. The molecule has 1 N–H and O–H groups in total. The summed E-state index contributed by atoms with van der Waals surface area (Å²) in [7, 11) is 0.